The van der Waals surface area contributed by atoms with Gasteiger partial charge in [-0.25, -0.2) is 0 Å². The molecule has 2 unspecified atom stereocenters. The average Bonchev–Trinajstić information content (AvgIpc) is 2.85. The van der Waals surface area contributed by atoms with E-state index in [9.17, 15) is 19.2 Å². The Morgan fingerprint density at radius 3 is 2.62 bits per heavy atom. The summed E-state index contributed by atoms with van der Waals surface area (Å²) in [5.74, 6) is -1.00. The number of amides is 4. The minimum Gasteiger partial charge on any atom is -0.354 e. The Hall–Kier alpha value is -3.01. The molecule has 3 fully saturated rings. The summed E-state index contributed by atoms with van der Waals surface area (Å²) < 4.78 is 0. The molecule has 0 radical (unpaired) electrons. The molecule has 3 aliphatic heterocycles. The van der Waals surface area contributed by atoms with E-state index in [0.717, 1.165) is 32.4 Å². The fraction of sp³-hybridized carbons (Fsp3) is 0.591. The van der Waals surface area contributed by atoms with Crippen LogP contribution in [0.5, 0.6) is 0 Å². The third kappa shape index (κ3) is 4.90. The second kappa shape index (κ2) is 10.1. The minimum atomic E-state index is -0.832. The van der Waals surface area contributed by atoms with Crippen LogP contribution in [-0.2, 0) is 14.4 Å². The number of hydrogen-bond acceptors (Lipinski definition) is 6. The number of piperidine rings is 2. The quantitative estimate of drug-likeness (QED) is 0.557. The Balaban J connectivity index is 1.51. The molecule has 4 rings (SSSR count). The highest BCUT2D eigenvalue weighted by atomic mass is 16.2. The number of rotatable bonds is 4. The van der Waals surface area contributed by atoms with Gasteiger partial charge in [0.2, 0.25) is 17.7 Å². The van der Waals surface area contributed by atoms with Crippen molar-refractivity contribution in [3.63, 3.8) is 0 Å². The zero-order valence-electron chi connectivity index (χ0n) is 18.1. The summed E-state index contributed by atoms with van der Waals surface area (Å²) in [7, 11) is 0. The largest absolute Gasteiger partial charge is 0.354 e. The zero-order chi connectivity index (χ0) is 22.5. The Labute approximate surface area is 187 Å². The van der Waals surface area contributed by atoms with E-state index in [1.165, 1.54) is 6.20 Å². The van der Waals surface area contributed by atoms with Crippen LogP contribution in [0.3, 0.4) is 0 Å². The number of piperazine rings is 1. The highest BCUT2D eigenvalue weighted by molar-refractivity contribution is 5.96. The number of nitrogens with zero attached hydrogens (tertiary/aromatic N) is 3. The third-order valence-electron chi connectivity index (χ3n) is 6.45. The Morgan fingerprint density at radius 1 is 1.09 bits per heavy atom. The summed E-state index contributed by atoms with van der Waals surface area (Å²) in [6.45, 7) is 2.86. The first kappa shape index (κ1) is 22.2. The molecule has 1 aromatic rings. The molecule has 0 bridgehead atoms. The summed E-state index contributed by atoms with van der Waals surface area (Å²) in [4.78, 5) is 58.9. The van der Waals surface area contributed by atoms with Crippen LogP contribution in [0.25, 0.3) is 0 Å². The van der Waals surface area contributed by atoms with Gasteiger partial charge in [0, 0.05) is 37.9 Å². The summed E-state index contributed by atoms with van der Waals surface area (Å²) in [5, 5.41) is 8.83. The predicted molar refractivity (Wildman–Crippen MR) is 115 cm³/mol. The molecule has 0 aliphatic carbocycles. The molecule has 3 N–H and O–H groups in total. The Bertz CT molecular complexity index is 857. The molecule has 32 heavy (non-hydrogen) atoms. The van der Waals surface area contributed by atoms with Gasteiger partial charge >= 0.3 is 0 Å². The molecule has 4 heterocycles. The number of hydrogen-bond donors (Lipinski definition) is 3. The molecule has 10 nitrogen and oxygen atoms in total. The maximum absolute atomic E-state index is 13.3. The van der Waals surface area contributed by atoms with Gasteiger partial charge in [-0.1, -0.05) is 0 Å². The lowest BCUT2D eigenvalue weighted by Gasteiger charge is -2.42. The van der Waals surface area contributed by atoms with Gasteiger partial charge in [-0.05, 0) is 50.9 Å². The number of aromatic nitrogens is 1. The monoisotopic (exact) mass is 442 g/mol. The molecular weight excluding hydrogens is 412 g/mol. The van der Waals surface area contributed by atoms with Gasteiger partial charge in [-0.2, -0.15) is 0 Å². The smallest absolute Gasteiger partial charge is 0.255 e. The fourth-order valence-electron chi connectivity index (χ4n) is 4.61. The van der Waals surface area contributed by atoms with Gasteiger partial charge in [0.05, 0.1) is 12.1 Å². The van der Waals surface area contributed by atoms with Crippen LogP contribution in [0.15, 0.2) is 24.5 Å². The van der Waals surface area contributed by atoms with E-state index in [1.807, 2.05) is 0 Å². The molecule has 172 valence electrons. The van der Waals surface area contributed by atoms with Gasteiger partial charge in [-0.15, -0.1) is 0 Å². The second-order valence-electron chi connectivity index (χ2n) is 8.56. The predicted octanol–water partition coefficient (Wildman–Crippen LogP) is -0.871. The van der Waals surface area contributed by atoms with Crippen LogP contribution in [0.2, 0.25) is 0 Å². The average molecular weight is 443 g/mol. The van der Waals surface area contributed by atoms with Gasteiger partial charge in [0.15, 0.2) is 0 Å². The summed E-state index contributed by atoms with van der Waals surface area (Å²) in [5.41, 5.74) is 0.441. The van der Waals surface area contributed by atoms with E-state index in [1.54, 1.807) is 28.1 Å². The zero-order valence-corrected chi connectivity index (χ0v) is 18.1. The van der Waals surface area contributed by atoms with Crippen LogP contribution in [0.4, 0.5) is 0 Å². The molecule has 2 atom stereocenters. The standard InChI is InChI=1S/C22H30N6O4/c29-19-17(4-2-8-25-19)26-20(30)18-14-27(21(31)16-3-1-7-24-13-16)11-12-28(18)22(32)15-5-9-23-10-6-15/h1,3,7,13,15,17-18,23H,2,4-6,8-12,14H2,(H,25,29)(H,26,30). The van der Waals surface area contributed by atoms with Gasteiger partial charge in [0.25, 0.3) is 5.91 Å². The summed E-state index contributed by atoms with van der Waals surface area (Å²) in [6, 6.07) is 1.93. The lowest BCUT2D eigenvalue weighted by molar-refractivity contribution is -0.147. The summed E-state index contributed by atoms with van der Waals surface area (Å²) >= 11 is 0. The van der Waals surface area contributed by atoms with Crippen molar-refractivity contribution >= 4 is 23.6 Å². The van der Waals surface area contributed by atoms with Crippen molar-refractivity contribution in [3.8, 4) is 0 Å². The summed E-state index contributed by atoms with van der Waals surface area (Å²) in [6.07, 6.45) is 5.89. The normalized spacial score (nSPS) is 24.6. The molecule has 4 amide bonds. The van der Waals surface area contributed by atoms with E-state index in [0.29, 0.717) is 25.1 Å². The molecule has 1 aromatic heterocycles. The number of carbonyl (C=O) groups excluding carboxylic acids is 4. The Kier molecular flexibility index (Phi) is 6.99. The molecule has 0 spiro atoms. The van der Waals surface area contributed by atoms with Crippen molar-refractivity contribution in [3.05, 3.63) is 30.1 Å². The van der Waals surface area contributed by atoms with Crippen LogP contribution in [0, 0.1) is 5.92 Å². The molecule has 3 saturated heterocycles. The molecule has 0 aromatic carbocycles. The molecule has 3 aliphatic rings. The van der Waals surface area contributed by atoms with E-state index < -0.39 is 18.0 Å². The lowest BCUT2D eigenvalue weighted by atomic mass is 9.95. The maximum atomic E-state index is 13.3. The highest BCUT2D eigenvalue weighted by Crippen LogP contribution is 2.21. The van der Waals surface area contributed by atoms with E-state index >= 15 is 0 Å². The molecule has 0 saturated carbocycles. The van der Waals surface area contributed by atoms with Crippen molar-refractivity contribution in [1.29, 1.82) is 0 Å². The van der Waals surface area contributed by atoms with Crippen molar-refractivity contribution in [2.45, 2.75) is 37.8 Å². The lowest BCUT2D eigenvalue weighted by Crippen LogP contribution is -2.64. The van der Waals surface area contributed by atoms with Crippen molar-refractivity contribution in [1.82, 2.24) is 30.7 Å². The van der Waals surface area contributed by atoms with Crippen LogP contribution >= 0.6 is 0 Å². The van der Waals surface area contributed by atoms with E-state index in [4.69, 9.17) is 0 Å². The first-order valence-electron chi connectivity index (χ1n) is 11.3. The topological polar surface area (TPSA) is 124 Å². The van der Waals surface area contributed by atoms with Gasteiger partial charge < -0.3 is 25.8 Å². The van der Waals surface area contributed by atoms with Crippen molar-refractivity contribution < 1.29 is 19.2 Å². The first-order valence-corrected chi connectivity index (χ1v) is 11.3. The Morgan fingerprint density at radius 2 is 1.91 bits per heavy atom. The van der Waals surface area contributed by atoms with Crippen LogP contribution < -0.4 is 16.0 Å². The minimum absolute atomic E-state index is 0.0479. The second-order valence-corrected chi connectivity index (χ2v) is 8.56. The number of carbonyl (C=O) groups is 4. The number of pyridine rings is 1. The van der Waals surface area contributed by atoms with E-state index in [2.05, 4.69) is 20.9 Å². The fourth-order valence-corrected chi connectivity index (χ4v) is 4.61. The third-order valence-corrected chi connectivity index (χ3v) is 6.45. The molecular formula is C22H30N6O4. The number of nitrogens with one attached hydrogen (secondary N) is 3. The highest BCUT2D eigenvalue weighted by Gasteiger charge is 2.40. The maximum Gasteiger partial charge on any atom is 0.255 e. The van der Waals surface area contributed by atoms with Crippen molar-refractivity contribution in [2.75, 3.05) is 39.3 Å². The SMILES string of the molecule is O=C1NCCCC1NC(=O)C1CN(C(=O)c2cccnc2)CCN1C(=O)C1CCNCC1. The van der Waals surface area contributed by atoms with Gasteiger partial charge in [-0.3, -0.25) is 24.2 Å². The molecule has 10 heteroatoms. The first-order chi connectivity index (χ1) is 15.5. The van der Waals surface area contributed by atoms with E-state index in [-0.39, 0.29) is 36.7 Å². The van der Waals surface area contributed by atoms with Crippen LogP contribution in [0.1, 0.15) is 36.0 Å². The van der Waals surface area contributed by atoms with Crippen molar-refractivity contribution in [2.24, 2.45) is 5.92 Å². The van der Waals surface area contributed by atoms with Gasteiger partial charge in [0.1, 0.15) is 12.1 Å². The van der Waals surface area contributed by atoms with Crippen LogP contribution in [-0.4, -0.2) is 89.8 Å².